The number of fused-ring (bicyclic) bond motifs is 9. The van der Waals surface area contributed by atoms with E-state index < -0.39 is 0 Å². The Morgan fingerprint density at radius 3 is 1.48 bits per heavy atom. The average Bonchev–Trinajstić information content (AvgIpc) is 3.87. The Hall–Kier alpha value is -6.20. The lowest BCUT2D eigenvalue weighted by atomic mass is 10.0. The van der Waals surface area contributed by atoms with Gasteiger partial charge in [-0.15, -0.1) is 22.7 Å². The molecular formula is C48H30N2S2. The van der Waals surface area contributed by atoms with Crippen molar-refractivity contribution in [3.05, 3.63) is 182 Å². The van der Waals surface area contributed by atoms with Gasteiger partial charge < -0.3 is 9.47 Å². The largest absolute Gasteiger partial charge is 0.310 e. The molecular weight excluding hydrogens is 669 g/mol. The molecule has 2 nitrogen and oxygen atoms in total. The van der Waals surface area contributed by atoms with Crippen molar-refractivity contribution in [3.8, 4) is 16.8 Å². The first-order valence-electron chi connectivity index (χ1n) is 17.6. The van der Waals surface area contributed by atoms with Crippen molar-refractivity contribution in [2.24, 2.45) is 0 Å². The highest BCUT2D eigenvalue weighted by atomic mass is 32.1. The fraction of sp³-hybridized carbons (Fsp3) is 0. The van der Waals surface area contributed by atoms with Crippen LogP contribution in [-0.2, 0) is 0 Å². The van der Waals surface area contributed by atoms with Gasteiger partial charge in [-0.1, -0.05) is 103 Å². The highest BCUT2D eigenvalue weighted by molar-refractivity contribution is 7.26. The van der Waals surface area contributed by atoms with Crippen LogP contribution >= 0.6 is 22.7 Å². The van der Waals surface area contributed by atoms with E-state index in [2.05, 4.69) is 191 Å². The second kappa shape index (κ2) is 11.7. The second-order valence-corrected chi connectivity index (χ2v) is 15.5. The van der Waals surface area contributed by atoms with Gasteiger partial charge in [0, 0.05) is 73.9 Å². The molecule has 0 spiro atoms. The molecule has 0 unspecified atom stereocenters. The Labute approximate surface area is 308 Å². The lowest BCUT2D eigenvalue weighted by Gasteiger charge is -2.26. The van der Waals surface area contributed by atoms with Crippen molar-refractivity contribution in [1.82, 2.24) is 4.57 Å². The zero-order valence-corrected chi connectivity index (χ0v) is 29.7. The van der Waals surface area contributed by atoms with Crippen LogP contribution in [0, 0.1) is 0 Å². The van der Waals surface area contributed by atoms with E-state index in [-0.39, 0.29) is 0 Å². The molecule has 0 N–H and O–H groups in total. The monoisotopic (exact) mass is 698 g/mol. The van der Waals surface area contributed by atoms with E-state index in [0.29, 0.717) is 0 Å². The van der Waals surface area contributed by atoms with Crippen LogP contribution in [0.4, 0.5) is 17.1 Å². The van der Waals surface area contributed by atoms with Gasteiger partial charge >= 0.3 is 0 Å². The van der Waals surface area contributed by atoms with Gasteiger partial charge in [-0.2, -0.15) is 0 Å². The van der Waals surface area contributed by atoms with Crippen LogP contribution < -0.4 is 4.90 Å². The van der Waals surface area contributed by atoms with Crippen LogP contribution in [0.1, 0.15) is 0 Å². The molecule has 0 saturated carbocycles. The van der Waals surface area contributed by atoms with Gasteiger partial charge in [0.05, 0.1) is 11.0 Å². The zero-order valence-electron chi connectivity index (χ0n) is 28.0. The topological polar surface area (TPSA) is 8.17 Å². The van der Waals surface area contributed by atoms with Gasteiger partial charge in [-0.05, 0) is 90.0 Å². The molecule has 11 rings (SSSR count). The summed E-state index contributed by atoms with van der Waals surface area (Å²) in [4.78, 5) is 2.41. The molecule has 3 heterocycles. The summed E-state index contributed by atoms with van der Waals surface area (Å²) in [6.45, 7) is 0. The molecule has 0 fully saturated rings. The highest BCUT2D eigenvalue weighted by Crippen LogP contribution is 2.44. The summed E-state index contributed by atoms with van der Waals surface area (Å²) in [7, 11) is 0. The van der Waals surface area contributed by atoms with Crippen LogP contribution in [0.3, 0.4) is 0 Å². The van der Waals surface area contributed by atoms with Crippen molar-refractivity contribution < 1.29 is 0 Å². The molecule has 0 atom stereocenters. The van der Waals surface area contributed by atoms with Crippen LogP contribution in [0.5, 0.6) is 0 Å². The Bertz CT molecular complexity index is 3020. The van der Waals surface area contributed by atoms with Crippen molar-refractivity contribution in [2.75, 3.05) is 4.90 Å². The third kappa shape index (κ3) is 4.62. The molecule has 11 aromatic rings. The number of nitrogens with zero attached hydrogens (tertiary/aromatic N) is 2. The summed E-state index contributed by atoms with van der Waals surface area (Å²) in [5.74, 6) is 0. The number of benzene rings is 8. The summed E-state index contributed by atoms with van der Waals surface area (Å²) in [6, 6.07) is 66.7. The number of thiophene rings is 2. The van der Waals surface area contributed by atoms with Crippen LogP contribution in [-0.4, -0.2) is 4.57 Å². The zero-order chi connectivity index (χ0) is 34.2. The number of hydrogen-bond acceptors (Lipinski definition) is 3. The molecule has 8 aromatic carbocycles. The fourth-order valence-corrected chi connectivity index (χ4v) is 10.2. The second-order valence-electron chi connectivity index (χ2n) is 13.4. The van der Waals surface area contributed by atoms with Crippen molar-refractivity contribution >= 4 is 102 Å². The van der Waals surface area contributed by atoms with E-state index >= 15 is 0 Å². The quantitative estimate of drug-likeness (QED) is 0.174. The highest BCUT2D eigenvalue weighted by Gasteiger charge is 2.18. The fourth-order valence-electron chi connectivity index (χ4n) is 7.97. The maximum absolute atomic E-state index is 2.41. The minimum absolute atomic E-state index is 1.13. The molecule has 3 aromatic heterocycles. The summed E-state index contributed by atoms with van der Waals surface area (Å²) >= 11 is 3.73. The van der Waals surface area contributed by atoms with Crippen LogP contribution in [0.2, 0.25) is 0 Å². The minimum Gasteiger partial charge on any atom is -0.310 e. The summed E-state index contributed by atoms with van der Waals surface area (Å²) in [5.41, 5.74) is 9.46. The van der Waals surface area contributed by atoms with Gasteiger partial charge in [-0.25, -0.2) is 0 Å². The summed E-state index contributed by atoms with van der Waals surface area (Å²) in [5, 5.41) is 7.78. The Morgan fingerprint density at radius 2 is 0.827 bits per heavy atom. The molecule has 0 aliphatic rings. The maximum atomic E-state index is 2.41. The van der Waals surface area contributed by atoms with E-state index in [1.165, 1.54) is 79.0 Å². The third-order valence-corrected chi connectivity index (χ3v) is 12.7. The van der Waals surface area contributed by atoms with Gasteiger partial charge in [0.15, 0.2) is 0 Å². The Kier molecular flexibility index (Phi) is 6.63. The SMILES string of the molecule is c1ccc(-n2c3ccccc3c3cc(-c4ccc(N(c5ccc6c(c5)sc5ccccc56)c5ccc6c(c5)sc5ccccc56)cc4)ccc32)cc1. The smallest absolute Gasteiger partial charge is 0.0541 e. The van der Waals surface area contributed by atoms with Crippen molar-refractivity contribution in [1.29, 1.82) is 0 Å². The lowest BCUT2D eigenvalue weighted by molar-refractivity contribution is 1.18. The van der Waals surface area contributed by atoms with E-state index in [1.807, 2.05) is 22.7 Å². The molecule has 0 amide bonds. The first-order chi connectivity index (χ1) is 25.8. The van der Waals surface area contributed by atoms with E-state index in [4.69, 9.17) is 0 Å². The van der Waals surface area contributed by atoms with Crippen molar-refractivity contribution in [2.45, 2.75) is 0 Å². The molecule has 244 valence electrons. The minimum atomic E-state index is 1.13. The number of hydrogen-bond donors (Lipinski definition) is 0. The number of para-hydroxylation sites is 2. The van der Waals surface area contributed by atoms with Gasteiger partial charge in [0.2, 0.25) is 0 Å². The summed E-state index contributed by atoms with van der Waals surface area (Å²) < 4.78 is 7.61. The molecule has 0 bridgehead atoms. The standard InChI is InChI=1S/C48H30N2S2/c1-2-10-33(11-3-1)50-43-15-7-4-12-37(43)42-28-32(20-27-44(42)50)31-18-21-34(22-19-31)49(35-23-25-40-38-13-5-8-16-45(38)51-47(40)29-35)36-24-26-41-39-14-6-9-17-46(39)52-48(41)30-36/h1-30H. The predicted molar refractivity (Wildman–Crippen MR) is 227 cm³/mol. The number of anilines is 3. The molecule has 0 radical (unpaired) electrons. The first-order valence-corrected chi connectivity index (χ1v) is 19.2. The number of aromatic nitrogens is 1. The summed E-state index contributed by atoms with van der Waals surface area (Å²) in [6.07, 6.45) is 0. The average molecular weight is 699 g/mol. The van der Waals surface area contributed by atoms with Crippen molar-refractivity contribution in [3.63, 3.8) is 0 Å². The molecule has 4 heteroatoms. The van der Waals surface area contributed by atoms with Crippen LogP contribution in [0.15, 0.2) is 182 Å². The maximum Gasteiger partial charge on any atom is 0.0541 e. The van der Waals surface area contributed by atoms with E-state index in [0.717, 1.165) is 17.1 Å². The van der Waals surface area contributed by atoms with Gasteiger partial charge in [0.1, 0.15) is 0 Å². The van der Waals surface area contributed by atoms with Gasteiger partial charge in [-0.3, -0.25) is 0 Å². The Balaban J connectivity index is 1.04. The molecule has 0 aliphatic heterocycles. The third-order valence-electron chi connectivity index (χ3n) is 10.4. The van der Waals surface area contributed by atoms with Gasteiger partial charge in [0.25, 0.3) is 0 Å². The van der Waals surface area contributed by atoms with Crippen LogP contribution in [0.25, 0.3) is 79.0 Å². The Morgan fingerprint density at radius 1 is 0.327 bits per heavy atom. The first kappa shape index (κ1) is 29.5. The predicted octanol–water partition coefficient (Wildman–Crippen LogP) is 14.7. The normalized spacial score (nSPS) is 11.8. The van der Waals surface area contributed by atoms with E-state index in [9.17, 15) is 0 Å². The van der Waals surface area contributed by atoms with E-state index in [1.54, 1.807) is 0 Å². The molecule has 0 saturated heterocycles. The molecule has 52 heavy (non-hydrogen) atoms. The lowest BCUT2D eigenvalue weighted by Crippen LogP contribution is -2.09. The number of rotatable bonds is 5. The molecule has 0 aliphatic carbocycles.